The largest absolute Gasteiger partial charge is 0.393 e. The van der Waals surface area contributed by atoms with Crippen molar-refractivity contribution in [2.24, 2.45) is 11.3 Å². The molecule has 1 nitrogen and oxygen atoms in total. The maximum absolute atomic E-state index is 9.31. The molecule has 0 bridgehead atoms. The van der Waals surface area contributed by atoms with Crippen LogP contribution < -0.4 is 0 Å². The highest BCUT2D eigenvalue weighted by Gasteiger charge is 2.22. The van der Waals surface area contributed by atoms with E-state index >= 15 is 0 Å². The summed E-state index contributed by atoms with van der Waals surface area (Å²) in [5.41, 5.74) is 1.66. The van der Waals surface area contributed by atoms with Gasteiger partial charge in [-0.25, -0.2) is 0 Å². The quantitative estimate of drug-likeness (QED) is 0.667. The summed E-state index contributed by atoms with van der Waals surface area (Å²) in [4.78, 5) is 0. The maximum Gasteiger partial charge on any atom is 0.0517 e. The van der Waals surface area contributed by atoms with Crippen molar-refractivity contribution >= 4 is 0 Å². The van der Waals surface area contributed by atoms with E-state index < -0.39 is 0 Å². The highest BCUT2D eigenvalue weighted by molar-refractivity contribution is 5.13. The van der Waals surface area contributed by atoms with Crippen LogP contribution >= 0.6 is 0 Å². The summed E-state index contributed by atoms with van der Waals surface area (Å²) < 4.78 is 0. The van der Waals surface area contributed by atoms with Crippen molar-refractivity contribution in [3.63, 3.8) is 0 Å². The summed E-state index contributed by atoms with van der Waals surface area (Å²) in [6.07, 6.45) is 2.84. The van der Waals surface area contributed by atoms with Crippen LogP contribution in [0.25, 0.3) is 0 Å². The zero-order valence-electron chi connectivity index (χ0n) is 9.89. The number of aliphatic hydroxyl groups excluding tert-OH is 1. The van der Waals surface area contributed by atoms with Gasteiger partial charge in [0.05, 0.1) is 6.10 Å². The summed E-state index contributed by atoms with van der Waals surface area (Å²) in [7, 11) is 0. The summed E-state index contributed by atoms with van der Waals surface area (Å²) in [5.74, 6) is 0.477. The Morgan fingerprint density at radius 1 is 1.31 bits per heavy atom. The molecule has 0 fully saturated rings. The highest BCUT2D eigenvalue weighted by Crippen LogP contribution is 2.33. The van der Waals surface area contributed by atoms with Crippen LogP contribution in [-0.4, -0.2) is 11.2 Å². The number of hydrogen-bond acceptors (Lipinski definition) is 1. The first-order valence-corrected chi connectivity index (χ1v) is 5.13. The molecular weight excluding hydrogens is 160 g/mol. The lowest BCUT2D eigenvalue weighted by Gasteiger charge is -2.29. The molecule has 2 unspecified atom stereocenters. The lowest BCUT2D eigenvalue weighted by Crippen LogP contribution is -2.19. The first kappa shape index (κ1) is 12.7. The second-order valence-electron chi connectivity index (χ2n) is 4.98. The second kappa shape index (κ2) is 4.80. The van der Waals surface area contributed by atoms with Gasteiger partial charge in [-0.1, -0.05) is 39.3 Å². The normalized spacial score (nSPS) is 18.5. The van der Waals surface area contributed by atoms with Gasteiger partial charge in [0.1, 0.15) is 0 Å². The van der Waals surface area contributed by atoms with Crippen molar-refractivity contribution < 1.29 is 5.11 Å². The molecule has 78 valence electrons. The summed E-state index contributed by atoms with van der Waals surface area (Å²) >= 11 is 0. The fraction of sp³-hybridized carbons (Fsp3) is 0.833. The number of allylic oxidation sites excluding steroid dienone is 2. The van der Waals surface area contributed by atoms with Gasteiger partial charge in [0, 0.05) is 0 Å². The third kappa shape index (κ3) is 4.47. The van der Waals surface area contributed by atoms with Crippen molar-refractivity contribution in [1.29, 1.82) is 0 Å². The minimum Gasteiger partial charge on any atom is -0.393 e. The monoisotopic (exact) mass is 184 g/mol. The number of aliphatic hydroxyl groups is 1. The van der Waals surface area contributed by atoms with Gasteiger partial charge in [0.2, 0.25) is 0 Å². The Labute approximate surface area is 82.9 Å². The molecule has 0 rings (SSSR count). The van der Waals surface area contributed by atoms with E-state index in [2.05, 4.69) is 40.7 Å². The standard InChI is InChI=1S/C12H24O/c1-7-11(12(4,5)6)9(2)8-10(3)13/h7,9-10,13H,8H2,1-6H3/b11-7-. The Kier molecular flexibility index (Phi) is 4.69. The van der Waals surface area contributed by atoms with E-state index in [9.17, 15) is 5.11 Å². The lowest BCUT2D eigenvalue weighted by molar-refractivity contribution is 0.166. The maximum atomic E-state index is 9.31. The SMILES string of the molecule is C/C=C(/C(C)CC(C)O)C(C)(C)C. The van der Waals surface area contributed by atoms with Crippen molar-refractivity contribution in [2.75, 3.05) is 0 Å². The second-order valence-corrected chi connectivity index (χ2v) is 4.98. The van der Waals surface area contributed by atoms with Gasteiger partial charge in [-0.05, 0) is 31.6 Å². The predicted molar refractivity (Wildman–Crippen MR) is 58.7 cm³/mol. The molecular formula is C12H24O. The van der Waals surface area contributed by atoms with E-state index in [-0.39, 0.29) is 11.5 Å². The topological polar surface area (TPSA) is 20.2 Å². The van der Waals surface area contributed by atoms with Crippen molar-refractivity contribution in [2.45, 2.75) is 54.1 Å². The molecule has 0 saturated heterocycles. The number of hydrogen-bond donors (Lipinski definition) is 1. The zero-order chi connectivity index (χ0) is 10.6. The van der Waals surface area contributed by atoms with Gasteiger partial charge in [0.15, 0.2) is 0 Å². The summed E-state index contributed by atoms with van der Waals surface area (Å²) in [6, 6.07) is 0. The average Bonchev–Trinajstić information content (AvgIpc) is 1.82. The van der Waals surface area contributed by atoms with Crippen LogP contribution in [0.3, 0.4) is 0 Å². The highest BCUT2D eigenvalue weighted by atomic mass is 16.3. The van der Waals surface area contributed by atoms with Gasteiger partial charge in [-0.15, -0.1) is 0 Å². The summed E-state index contributed by atoms with van der Waals surface area (Å²) in [6.45, 7) is 12.8. The molecule has 0 heterocycles. The van der Waals surface area contributed by atoms with E-state index in [1.54, 1.807) is 0 Å². The van der Waals surface area contributed by atoms with Crippen LogP contribution in [-0.2, 0) is 0 Å². The van der Waals surface area contributed by atoms with Gasteiger partial charge in [-0.2, -0.15) is 0 Å². The fourth-order valence-corrected chi connectivity index (χ4v) is 2.10. The van der Waals surface area contributed by atoms with Crippen LogP contribution in [0.5, 0.6) is 0 Å². The molecule has 1 heteroatoms. The van der Waals surface area contributed by atoms with Gasteiger partial charge in [0.25, 0.3) is 0 Å². The molecule has 2 atom stereocenters. The van der Waals surface area contributed by atoms with Gasteiger partial charge in [-0.3, -0.25) is 0 Å². The Bertz CT molecular complexity index is 172. The minimum atomic E-state index is -0.202. The van der Waals surface area contributed by atoms with E-state index in [0.29, 0.717) is 5.92 Å². The Morgan fingerprint density at radius 2 is 1.77 bits per heavy atom. The molecule has 1 N–H and O–H groups in total. The van der Waals surface area contributed by atoms with Crippen molar-refractivity contribution in [1.82, 2.24) is 0 Å². The predicted octanol–water partition coefficient (Wildman–Crippen LogP) is 3.39. The smallest absolute Gasteiger partial charge is 0.0517 e. The Balaban J connectivity index is 4.44. The molecule has 0 radical (unpaired) electrons. The van der Waals surface area contributed by atoms with E-state index in [1.807, 2.05) is 6.92 Å². The van der Waals surface area contributed by atoms with Crippen LogP contribution in [0.4, 0.5) is 0 Å². The molecule has 0 spiro atoms. The third-order valence-corrected chi connectivity index (χ3v) is 2.40. The Hall–Kier alpha value is -0.300. The van der Waals surface area contributed by atoms with Gasteiger partial charge < -0.3 is 5.11 Å². The summed E-state index contributed by atoms with van der Waals surface area (Å²) in [5, 5.41) is 9.31. The average molecular weight is 184 g/mol. The zero-order valence-corrected chi connectivity index (χ0v) is 9.89. The third-order valence-electron chi connectivity index (χ3n) is 2.40. The molecule has 0 saturated carbocycles. The number of rotatable bonds is 3. The Morgan fingerprint density at radius 3 is 2.00 bits per heavy atom. The molecule has 0 aliphatic rings. The molecule has 0 aromatic rings. The van der Waals surface area contributed by atoms with Crippen LogP contribution in [0.15, 0.2) is 11.6 Å². The first-order chi connectivity index (χ1) is 5.79. The minimum absolute atomic E-state index is 0.202. The van der Waals surface area contributed by atoms with Gasteiger partial charge >= 0.3 is 0 Å². The molecule has 0 aliphatic carbocycles. The molecule has 0 aliphatic heterocycles. The lowest BCUT2D eigenvalue weighted by atomic mass is 9.77. The first-order valence-electron chi connectivity index (χ1n) is 5.13. The van der Waals surface area contributed by atoms with Crippen LogP contribution in [0.1, 0.15) is 48.0 Å². The van der Waals surface area contributed by atoms with Crippen molar-refractivity contribution in [3.05, 3.63) is 11.6 Å². The van der Waals surface area contributed by atoms with Crippen molar-refractivity contribution in [3.8, 4) is 0 Å². The molecule has 13 heavy (non-hydrogen) atoms. The molecule has 0 aromatic carbocycles. The van der Waals surface area contributed by atoms with Crippen LogP contribution in [0, 0.1) is 11.3 Å². The molecule has 0 aromatic heterocycles. The van der Waals surface area contributed by atoms with E-state index in [1.165, 1.54) is 5.57 Å². The van der Waals surface area contributed by atoms with E-state index in [0.717, 1.165) is 6.42 Å². The van der Waals surface area contributed by atoms with E-state index in [4.69, 9.17) is 0 Å². The molecule has 0 amide bonds. The fourth-order valence-electron chi connectivity index (χ4n) is 2.10. The van der Waals surface area contributed by atoms with Crippen LogP contribution in [0.2, 0.25) is 0 Å².